The maximum Gasteiger partial charge on any atom is 0.322 e. The van der Waals surface area contributed by atoms with Crippen molar-refractivity contribution in [3.63, 3.8) is 0 Å². The van der Waals surface area contributed by atoms with E-state index in [9.17, 15) is 4.79 Å². The Bertz CT molecular complexity index is 502. The Morgan fingerprint density at radius 3 is 3.00 bits per heavy atom. The summed E-state index contributed by atoms with van der Waals surface area (Å²) in [4.78, 5) is 10.4. The number of aryl methyl sites for hydroxylation is 1. The third kappa shape index (κ3) is 1.93. The molecule has 0 aliphatic heterocycles. The van der Waals surface area contributed by atoms with Crippen molar-refractivity contribution >= 4 is 22.6 Å². The van der Waals surface area contributed by atoms with Crippen molar-refractivity contribution in [1.29, 1.82) is 0 Å². The number of carboxylic acid groups (broad SMARTS) is 1. The van der Waals surface area contributed by atoms with E-state index in [0.29, 0.717) is 0 Å². The molecule has 1 aromatic heterocycles. The van der Waals surface area contributed by atoms with E-state index >= 15 is 0 Å². The molecule has 0 bridgehead atoms. The topological polar surface area (TPSA) is 54.3 Å². The molecule has 0 amide bonds. The van der Waals surface area contributed by atoms with Crippen molar-refractivity contribution in [2.75, 3.05) is 11.9 Å². The van der Waals surface area contributed by atoms with Crippen molar-refractivity contribution in [3.8, 4) is 0 Å². The number of carbonyl (C=O) groups is 1. The summed E-state index contributed by atoms with van der Waals surface area (Å²) in [5, 5.41) is 12.5. The molecule has 78 valence electrons. The highest BCUT2D eigenvalue weighted by molar-refractivity contribution is 5.84. The minimum absolute atomic E-state index is 0.0572. The van der Waals surface area contributed by atoms with E-state index in [4.69, 9.17) is 5.11 Å². The van der Waals surface area contributed by atoms with E-state index in [2.05, 4.69) is 5.32 Å². The molecular formula is C11H12N2O2. The molecule has 0 aliphatic rings. The predicted molar refractivity (Wildman–Crippen MR) is 59.0 cm³/mol. The fourth-order valence-corrected chi connectivity index (χ4v) is 1.57. The zero-order valence-corrected chi connectivity index (χ0v) is 8.40. The summed E-state index contributed by atoms with van der Waals surface area (Å²) in [7, 11) is 1.98. The van der Waals surface area contributed by atoms with Crippen LogP contribution in [0.4, 0.5) is 5.69 Å². The van der Waals surface area contributed by atoms with Crippen LogP contribution in [0.3, 0.4) is 0 Å². The number of carboxylic acids is 1. The second-order valence-corrected chi connectivity index (χ2v) is 3.45. The van der Waals surface area contributed by atoms with Gasteiger partial charge in [-0.05, 0) is 24.3 Å². The first kappa shape index (κ1) is 9.58. The average Bonchev–Trinajstić information content (AvgIpc) is 2.57. The third-order valence-electron chi connectivity index (χ3n) is 2.33. The van der Waals surface area contributed by atoms with E-state index in [-0.39, 0.29) is 6.54 Å². The summed E-state index contributed by atoms with van der Waals surface area (Å²) >= 11 is 0. The number of nitrogens with zero attached hydrogens (tertiary/aromatic N) is 1. The van der Waals surface area contributed by atoms with Gasteiger partial charge in [0, 0.05) is 29.8 Å². The van der Waals surface area contributed by atoms with Crippen LogP contribution in [0.2, 0.25) is 0 Å². The van der Waals surface area contributed by atoms with Gasteiger partial charge in [-0.3, -0.25) is 4.79 Å². The molecule has 2 N–H and O–H groups in total. The standard InChI is InChI=1S/C11H12N2O2/c1-13-5-4-8-6-9(2-3-10(8)13)12-7-11(14)15/h2-6,12H,7H2,1H3,(H,14,15). The summed E-state index contributed by atoms with van der Waals surface area (Å²) in [5.74, 6) is -0.858. The number of nitrogens with one attached hydrogen (secondary N) is 1. The summed E-state index contributed by atoms with van der Waals surface area (Å²) in [5.41, 5.74) is 1.96. The lowest BCUT2D eigenvalue weighted by Gasteiger charge is -2.03. The van der Waals surface area contributed by atoms with Crippen LogP contribution in [0.15, 0.2) is 30.5 Å². The van der Waals surface area contributed by atoms with Gasteiger partial charge >= 0.3 is 5.97 Å². The molecular weight excluding hydrogens is 192 g/mol. The Labute approximate surface area is 87.1 Å². The highest BCUT2D eigenvalue weighted by atomic mass is 16.4. The van der Waals surface area contributed by atoms with Gasteiger partial charge in [0.1, 0.15) is 6.54 Å². The number of hydrogen-bond donors (Lipinski definition) is 2. The van der Waals surface area contributed by atoms with Crippen molar-refractivity contribution in [2.24, 2.45) is 7.05 Å². The largest absolute Gasteiger partial charge is 0.480 e. The number of fused-ring (bicyclic) bond motifs is 1. The van der Waals surface area contributed by atoms with Crippen LogP contribution >= 0.6 is 0 Å². The number of aliphatic carboxylic acids is 1. The Hall–Kier alpha value is -1.97. The second-order valence-electron chi connectivity index (χ2n) is 3.45. The van der Waals surface area contributed by atoms with Crippen molar-refractivity contribution in [3.05, 3.63) is 30.5 Å². The van der Waals surface area contributed by atoms with E-state index in [1.54, 1.807) is 0 Å². The minimum atomic E-state index is -0.858. The molecule has 15 heavy (non-hydrogen) atoms. The quantitative estimate of drug-likeness (QED) is 0.799. The first-order valence-corrected chi connectivity index (χ1v) is 4.67. The Balaban J connectivity index is 2.27. The van der Waals surface area contributed by atoms with Gasteiger partial charge in [-0.25, -0.2) is 0 Å². The zero-order valence-electron chi connectivity index (χ0n) is 8.40. The van der Waals surface area contributed by atoms with Crippen molar-refractivity contribution in [1.82, 2.24) is 4.57 Å². The van der Waals surface area contributed by atoms with Crippen LogP contribution in [0, 0.1) is 0 Å². The highest BCUT2D eigenvalue weighted by Gasteiger charge is 2.00. The van der Waals surface area contributed by atoms with E-state index < -0.39 is 5.97 Å². The fourth-order valence-electron chi connectivity index (χ4n) is 1.57. The lowest BCUT2D eigenvalue weighted by molar-refractivity contribution is -0.134. The van der Waals surface area contributed by atoms with Gasteiger partial charge in [-0.15, -0.1) is 0 Å². The SMILES string of the molecule is Cn1ccc2cc(NCC(=O)O)ccc21. The molecule has 0 aliphatic carbocycles. The van der Waals surface area contributed by atoms with Gasteiger partial charge < -0.3 is 15.0 Å². The molecule has 0 saturated heterocycles. The van der Waals surface area contributed by atoms with Gasteiger partial charge in [0.15, 0.2) is 0 Å². The normalized spacial score (nSPS) is 10.5. The Kier molecular flexibility index (Phi) is 2.33. The lowest BCUT2D eigenvalue weighted by Crippen LogP contribution is -2.12. The number of anilines is 1. The van der Waals surface area contributed by atoms with Crippen molar-refractivity contribution in [2.45, 2.75) is 0 Å². The van der Waals surface area contributed by atoms with Gasteiger partial charge in [-0.2, -0.15) is 0 Å². The number of aromatic nitrogens is 1. The molecule has 0 unspecified atom stereocenters. The molecule has 0 fully saturated rings. The minimum Gasteiger partial charge on any atom is -0.480 e. The first-order valence-electron chi connectivity index (χ1n) is 4.67. The van der Waals surface area contributed by atoms with Crippen molar-refractivity contribution < 1.29 is 9.90 Å². The van der Waals surface area contributed by atoms with E-state index in [0.717, 1.165) is 16.6 Å². The van der Waals surface area contributed by atoms with E-state index in [1.807, 2.05) is 42.1 Å². The predicted octanol–water partition coefficient (Wildman–Crippen LogP) is 1.67. The third-order valence-corrected chi connectivity index (χ3v) is 2.33. The molecule has 4 heteroatoms. The van der Waals surface area contributed by atoms with Crippen LogP contribution in [0.5, 0.6) is 0 Å². The van der Waals surface area contributed by atoms with E-state index in [1.165, 1.54) is 0 Å². The van der Waals surface area contributed by atoms with Crippen LogP contribution in [-0.4, -0.2) is 22.2 Å². The highest BCUT2D eigenvalue weighted by Crippen LogP contribution is 2.19. The monoisotopic (exact) mass is 204 g/mol. The lowest BCUT2D eigenvalue weighted by atomic mass is 10.2. The molecule has 2 aromatic rings. The summed E-state index contributed by atoms with van der Waals surface area (Å²) in [6.07, 6.45) is 1.98. The van der Waals surface area contributed by atoms with Gasteiger partial charge in [0.05, 0.1) is 0 Å². The summed E-state index contributed by atoms with van der Waals surface area (Å²) in [6, 6.07) is 7.80. The molecule has 0 radical (unpaired) electrons. The number of rotatable bonds is 3. The van der Waals surface area contributed by atoms with Gasteiger partial charge in [0.2, 0.25) is 0 Å². The summed E-state index contributed by atoms with van der Waals surface area (Å²) in [6.45, 7) is -0.0572. The fraction of sp³-hybridized carbons (Fsp3) is 0.182. The number of hydrogen-bond acceptors (Lipinski definition) is 2. The van der Waals surface area contributed by atoms with Gasteiger partial charge in [-0.1, -0.05) is 0 Å². The maximum absolute atomic E-state index is 10.4. The molecule has 0 saturated carbocycles. The number of benzene rings is 1. The average molecular weight is 204 g/mol. The molecule has 1 aromatic carbocycles. The van der Waals surface area contributed by atoms with Crippen LogP contribution < -0.4 is 5.32 Å². The Morgan fingerprint density at radius 2 is 2.27 bits per heavy atom. The summed E-state index contributed by atoms with van der Waals surface area (Å²) < 4.78 is 2.02. The molecule has 2 rings (SSSR count). The van der Waals surface area contributed by atoms with Crippen LogP contribution in [0.1, 0.15) is 0 Å². The van der Waals surface area contributed by atoms with Crippen LogP contribution in [0.25, 0.3) is 10.9 Å². The molecule has 1 heterocycles. The first-order chi connectivity index (χ1) is 7.16. The maximum atomic E-state index is 10.4. The van der Waals surface area contributed by atoms with Crippen LogP contribution in [-0.2, 0) is 11.8 Å². The smallest absolute Gasteiger partial charge is 0.322 e. The zero-order chi connectivity index (χ0) is 10.8. The van der Waals surface area contributed by atoms with Gasteiger partial charge in [0.25, 0.3) is 0 Å². The second kappa shape index (κ2) is 3.65. The molecule has 0 spiro atoms. The molecule has 4 nitrogen and oxygen atoms in total. The molecule has 0 atom stereocenters. The Morgan fingerprint density at radius 1 is 1.47 bits per heavy atom.